The zero-order chi connectivity index (χ0) is 15.0. The number of carbonyl (C=O) groups excluding carboxylic acids is 1. The van der Waals surface area contributed by atoms with Crippen molar-refractivity contribution in [1.82, 2.24) is 14.9 Å². The fourth-order valence-corrected chi connectivity index (χ4v) is 3.48. The van der Waals surface area contributed by atoms with Crippen LogP contribution in [0.2, 0.25) is 0 Å². The lowest BCUT2D eigenvalue weighted by Crippen LogP contribution is -2.39. The van der Waals surface area contributed by atoms with Crippen LogP contribution in [0.15, 0.2) is 25.0 Å². The number of amides is 1. The van der Waals surface area contributed by atoms with Crippen LogP contribution >= 0.6 is 0 Å². The molecule has 5 nitrogen and oxygen atoms in total. The molecule has 6 heteroatoms. The maximum Gasteiger partial charge on any atom is 0.231 e. The number of anilines is 1. The van der Waals surface area contributed by atoms with Crippen molar-refractivity contribution in [2.75, 3.05) is 31.1 Å². The highest BCUT2D eigenvalue weighted by molar-refractivity contribution is 5.86. The van der Waals surface area contributed by atoms with Crippen LogP contribution in [0.1, 0.15) is 13.3 Å². The first-order chi connectivity index (χ1) is 10.1. The van der Waals surface area contributed by atoms with Crippen LogP contribution in [0.25, 0.3) is 0 Å². The Hall–Kier alpha value is -1.98. The van der Waals surface area contributed by atoms with E-state index >= 15 is 0 Å². The van der Waals surface area contributed by atoms with E-state index in [9.17, 15) is 9.18 Å². The van der Waals surface area contributed by atoms with Gasteiger partial charge in [0.1, 0.15) is 0 Å². The van der Waals surface area contributed by atoms with Crippen molar-refractivity contribution in [3.63, 3.8) is 0 Å². The van der Waals surface area contributed by atoms with Gasteiger partial charge in [-0.1, -0.05) is 13.0 Å². The molecule has 0 N–H and O–H groups in total. The van der Waals surface area contributed by atoms with E-state index in [0.29, 0.717) is 19.0 Å². The lowest BCUT2D eigenvalue weighted by molar-refractivity contribution is -0.136. The van der Waals surface area contributed by atoms with Crippen molar-refractivity contribution in [2.24, 2.45) is 11.3 Å². The van der Waals surface area contributed by atoms with Crippen molar-refractivity contribution in [1.29, 1.82) is 0 Å². The first kappa shape index (κ1) is 14.0. The van der Waals surface area contributed by atoms with E-state index in [1.54, 1.807) is 6.08 Å². The van der Waals surface area contributed by atoms with Gasteiger partial charge in [-0.25, -0.2) is 14.4 Å². The Kier molecular flexibility index (Phi) is 3.39. The zero-order valence-corrected chi connectivity index (χ0v) is 12.1. The van der Waals surface area contributed by atoms with Gasteiger partial charge >= 0.3 is 0 Å². The first-order valence-corrected chi connectivity index (χ1v) is 7.19. The molecule has 0 bridgehead atoms. The maximum atomic E-state index is 12.9. The predicted molar refractivity (Wildman–Crippen MR) is 77.2 cm³/mol. The van der Waals surface area contributed by atoms with E-state index < -0.39 is 5.82 Å². The molecule has 1 aromatic rings. The van der Waals surface area contributed by atoms with E-state index in [1.807, 2.05) is 9.80 Å². The summed E-state index contributed by atoms with van der Waals surface area (Å²) < 4.78 is 12.9. The van der Waals surface area contributed by atoms with E-state index in [1.165, 1.54) is 12.4 Å². The normalized spacial score (nSPS) is 28.7. The van der Waals surface area contributed by atoms with Crippen LogP contribution in [0.4, 0.5) is 10.3 Å². The Morgan fingerprint density at radius 2 is 2.24 bits per heavy atom. The fourth-order valence-electron chi connectivity index (χ4n) is 3.48. The molecule has 0 unspecified atom stereocenters. The highest BCUT2D eigenvalue weighted by Gasteiger charge is 2.55. The second-order valence-electron chi connectivity index (χ2n) is 5.93. The Morgan fingerprint density at radius 1 is 1.52 bits per heavy atom. The third-order valence-electron chi connectivity index (χ3n) is 4.69. The van der Waals surface area contributed by atoms with E-state index in [2.05, 4.69) is 23.5 Å². The molecule has 1 aromatic heterocycles. The van der Waals surface area contributed by atoms with Crippen LogP contribution in [0, 0.1) is 17.2 Å². The van der Waals surface area contributed by atoms with Crippen molar-refractivity contribution >= 4 is 11.9 Å². The molecule has 2 aliphatic heterocycles. The topological polar surface area (TPSA) is 49.3 Å². The number of rotatable bonds is 3. The zero-order valence-electron chi connectivity index (χ0n) is 12.1. The lowest BCUT2D eigenvalue weighted by Gasteiger charge is -2.26. The SMILES string of the molecule is C=CCN1CC[C@]2(CN(c3ncc(F)cn3)C[C@H]2C)C1=O. The molecule has 1 spiro atoms. The molecule has 0 saturated carbocycles. The molecule has 2 fully saturated rings. The second-order valence-corrected chi connectivity index (χ2v) is 5.93. The molecular formula is C15H19FN4O. The summed E-state index contributed by atoms with van der Waals surface area (Å²) in [6.07, 6.45) is 4.94. The average Bonchev–Trinajstić information content (AvgIpc) is 2.96. The van der Waals surface area contributed by atoms with Gasteiger partial charge in [0.25, 0.3) is 0 Å². The number of aromatic nitrogens is 2. The molecule has 3 rings (SSSR count). The summed E-state index contributed by atoms with van der Waals surface area (Å²) in [7, 11) is 0. The van der Waals surface area contributed by atoms with Crippen LogP contribution in [0.5, 0.6) is 0 Å². The number of nitrogens with zero attached hydrogens (tertiary/aromatic N) is 4. The smallest absolute Gasteiger partial charge is 0.231 e. The van der Waals surface area contributed by atoms with Crippen molar-refractivity contribution in [2.45, 2.75) is 13.3 Å². The first-order valence-electron chi connectivity index (χ1n) is 7.19. The molecule has 0 aromatic carbocycles. The summed E-state index contributed by atoms with van der Waals surface area (Å²) in [6.45, 7) is 8.49. The van der Waals surface area contributed by atoms with Gasteiger partial charge < -0.3 is 9.80 Å². The lowest BCUT2D eigenvalue weighted by atomic mass is 9.78. The second kappa shape index (κ2) is 5.09. The maximum absolute atomic E-state index is 12.9. The molecule has 2 aliphatic rings. The number of hydrogen-bond donors (Lipinski definition) is 0. The number of likely N-dealkylation sites (tertiary alicyclic amines) is 1. The Labute approximate surface area is 123 Å². The molecule has 0 radical (unpaired) electrons. The predicted octanol–water partition coefficient (Wildman–Crippen LogP) is 1.48. The van der Waals surface area contributed by atoms with Crippen molar-refractivity contribution < 1.29 is 9.18 Å². The van der Waals surface area contributed by atoms with Crippen molar-refractivity contribution in [3.05, 3.63) is 30.9 Å². The summed E-state index contributed by atoms with van der Waals surface area (Å²) in [6, 6.07) is 0. The summed E-state index contributed by atoms with van der Waals surface area (Å²) in [4.78, 5) is 24.6. The van der Waals surface area contributed by atoms with Gasteiger partial charge in [0.05, 0.1) is 17.8 Å². The summed E-state index contributed by atoms with van der Waals surface area (Å²) in [5.74, 6) is 0.470. The number of hydrogen-bond acceptors (Lipinski definition) is 4. The molecular weight excluding hydrogens is 271 g/mol. The highest BCUT2D eigenvalue weighted by atomic mass is 19.1. The van der Waals surface area contributed by atoms with Gasteiger partial charge in [0.15, 0.2) is 5.82 Å². The van der Waals surface area contributed by atoms with Crippen LogP contribution in [-0.4, -0.2) is 47.0 Å². The molecule has 1 amide bonds. The largest absolute Gasteiger partial charge is 0.339 e. The quantitative estimate of drug-likeness (QED) is 0.791. The van der Waals surface area contributed by atoms with Crippen LogP contribution in [0.3, 0.4) is 0 Å². The van der Waals surface area contributed by atoms with Gasteiger partial charge in [-0.15, -0.1) is 6.58 Å². The minimum Gasteiger partial charge on any atom is -0.339 e. The number of halogens is 1. The van der Waals surface area contributed by atoms with Gasteiger partial charge in [-0.3, -0.25) is 4.79 Å². The van der Waals surface area contributed by atoms with Gasteiger partial charge in [0, 0.05) is 26.2 Å². The van der Waals surface area contributed by atoms with E-state index in [0.717, 1.165) is 19.5 Å². The van der Waals surface area contributed by atoms with Crippen LogP contribution in [-0.2, 0) is 4.79 Å². The summed E-state index contributed by atoms with van der Waals surface area (Å²) >= 11 is 0. The fraction of sp³-hybridized carbons (Fsp3) is 0.533. The minimum atomic E-state index is -0.449. The third-order valence-corrected chi connectivity index (χ3v) is 4.69. The molecule has 2 atom stereocenters. The Morgan fingerprint density at radius 3 is 2.90 bits per heavy atom. The average molecular weight is 290 g/mol. The minimum absolute atomic E-state index is 0.194. The van der Waals surface area contributed by atoms with E-state index in [-0.39, 0.29) is 17.2 Å². The number of carbonyl (C=O) groups is 1. The monoisotopic (exact) mass is 290 g/mol. The Balaban J connectivity index is 1.81. The third kappa shape index (κ3) is 2.18. The highest BCUT2D eigenvalue weighted by Crippen LogP contribution is 2.45. The van der Waals surface area contributed by atoms with Crippen LogP contribution < -0.4 is 4.90 Å². The molecule has 0 aliphatic carbocycles. The summed E-state index contributed by atoms with van der Waals surface area (Å²) in [5, 5.41) is 0. The van der Waals surface area contributed by atoms with Crippen molar-refractivity contribution in [3.8, 4) is 0 Å². The van der Waals surface area contributed by atoms with Gasteiger partial charge in [-0.2, -0.15) is 0 Å². The Bertz CT molecular complexity index is 561. The molecule has 112 valence electrons. The van der Waals surface area contributed by atoms with E-state index in [4.69, 9.17) is 0 Å². The molecule has 21 heavy (non-hydrogen) atoms. The standard InChI is InChI=1S/C15H19FN4O/c1-3-5-19-6-4-15(13(19)21)10-20(9-11(15)2)14-17-7-12(16)8-18-14/h3,7-8,11H,1,4-6,9-10H2,2H3/t11-,15-/m1/s1. The van der Waals surface area contributed by atoms with Gasteiger partial charge in [-0.05, 0) is 12.3 Å². The van der Waals surface area contributed by atoms with Gasteiger partial charge in [0.2, 0.25) is 11.9 Å². The summed E-state index contributed by atoms with van der Waals surface area (Å²) in [5.41, 5.74) is -0.360. The molecule has 2 saturated heterocycles. The molecule has 3 heterocycles.